The van der Waals surface area contributed by atoms with Crippen molar-refractivity contribution in [3.63, 3.8) is 0 Å². The van der Waals surface area contributed by atoms with Gasteiger partial charge >= 0.3 is 0 Å². The molecule has 0 aromatic rings. The normalized spacial score (nSPS) is 37.6. The van der Waals surface area contributed by atoms with E-state index in [1.165, 1.54) is 25.7 Å². The first kappa shape index (κ1) is 6.21. The second kappa shape index (κ2) is 2.61. The lowest BCUT2D eigenvalue weighted by molar-refractivity contribution is 0.460. The molecule has 0 aromatic carbocycles. The minimum Gasteiger partial charge on any atom is -0.0882 e. The smallest absolute Gasteiger partial charge is 0.0167 e. The van der Waals surface area contributed by atoms with Gasteiger partial charge in [0, 0.05) is 0 Å². The monoisotopic (exact) mass is 134 g/mol. The quantitative estimate of drug-likeness (QED) is 0.484. The van der Waals surface area contributed by atoms with Gasteiger partial charge in [0.2, 0.25) is 0 Å². The van der Waals surface area contributed by atoms with E-state index in [1.807, 2.05) is 0 Å². The average Bonchev–Trinajstić information content (AvgIpc) is 2.59. The Labute approximate surface area is 62.6 Å². The summed E-state index contributed by atoms with van der Waals surface area (Å²) in [6.45, 7) is 0. The summed E-state index contributed by atoms with van der Waals surface area (Å²) in [5, 5.41) is 0. The average molecular weight is 134 g/mol. The zero-order valence-corrected chi connectivity index (χ0v) is 6.29. The third kappa shape index (κ3) is 1.03. The molecule has 0 N–H and O–H groups in total. The Morgan fingerprint density at radius 1 is 0.800 bits per heavy atom. The maximum absolute atomic E-state index is 2.40. The zero-order chi connectivity index (χ0) is 6.81. The lowest BCUT2D eigenvalue weighted by atomic mass is 9.92. The van der Waals surface area contributed by atoms with Crippen molar-refractivity contribution in [3.8, 4) is 0 Å². The first-order chi connectivity index (χ1) is 4.97. The van der Waals surface area contributed by atoms with Crippen molar-refractivity contribution < 1.29 is 0 Å². The van der Waals surface area contributed by atoms with Gasteiger partial charge < -0.3 is 0 Å². The second-order valence-electron chi connectivity index (χ2n) is 3.34. The molecule has 0 heterocycles. The van der Waals surface area contributed by atoms with Crippen LogP contribution in [0.25, 0.3) is 0 Å². The van der Waals surface area contributed by atoms with E-state index >= 15 is 0 Å². The first-order valence-corrected chi connectivity index (χ1v) is 4.30. The van der Waals surface area contributed by atoms with Crippen LogP contribution in [0.1, 0.15) is 25.7 Å². The molecule has 2 aliphatic rings. The summed E-state index contributed by atoms with van der Waals surface area (Å²) in [6, 6.07) is 0. The Bertz CT molecular complexity index is 145. The van der Waals surface area contributed by atoms with Gasteiger partial charge in [-0.05, 0) is 37.5 Å². The fourth-order valence-corrected chi connectivity index (χ4v) is 2.03. The summed E-state index contributed by atoms with van der Waals surface area (Å²) in [5.74, 6) is 1.78. The van der Waals surface area contributed by atoms with Crippen LogP contribution in [0.15, 0.2) is 24.3 Å². The molecule has 2 aliphatic carbocycles. The fraction of sp³-hybridized carbons (Fsp3) is 0.600. The van der Waals surface area contributed by atoms with Crippen LogP contribution in [0.2, 0.25) is 0 Å². The molecule has 0 saturated carbocycles. The van der Waals surface area contributed by atoms with E-state index in [9.17, 15) is 0 Å². The van der Waals surface area contributed by atoms with E-state index in [4.69, 9.17) is 0 Å². The number of rotatable bonds is 1. The second-order valence-corrected chi connectivity index (χ2v) is 3.34. The molecule has 0 radical (unpaired) electrons. The molecule has 0 saturated heterocycles. The Balaban J connectivity index is 1.98. The van der Waals surface area contributed by atoms with Gasteiger partial charge in [0.25, 0.3) is 0 Å². The van der Waals surface area contributed by atoms with E-state index in [0.29, 0.717) is 0 Å². The van der Waals surface area contributed by atoms with Crippen molar-refractivity contribution >= 4 is 0 Å². The fourth-order valence-electron chi connectivity index (χ4n) is 2.03. The van der Waals surface area contributed by atoms with Crippen LogP contribution in [-0.4, -0.2) is 0 Å². The Morgan fingerprint density at radius 3 is 1.60 bits per heavy atom. The lowest BCUT2D eigenvalue weighted by Crippen LogP contribution is -2.04. The van der Waals surface area contributed by atoms with Crippen LogP contribution in [0.4, 0.5) is 0 Å². The molecule has 2 rings (SSSR count). The number of allylic oxidation sites excluding steroid dienone is 4. The van der Waals surface area contributed by atoms with Gasteiger partial charge in [-0.2, -0.15) is 0 Å². The van der Waals surface area contributed by atoms with Crippen molar-refractivity contribution in [1.82, 2.24) is 0 Å². The van der Waals surface area contributed by atoms with E-state index < -0.39 is 0 Å². The summed E-state index contributed by atoms with van der Waals surface area (Å²) >= 11 is 0. The van der Waals surface area contributed by atoms with E-state index in [-0.39, 0.29) is 0 Å². The minimum atomic E-state index is 0.888. The molecule has 0 spiro atoms. The highest BCUT2D eigenvalue weighted by atomic mass is 14.2. The van der Waals surface area contributed by atoms with E-state index in [0.717, 1.165) is 11.8 Å². The third-order valence-corrected chi connectivity index (χ3v) is 2.65. The predicted octanol–water partition coefficient (Wildman–Crippen LogP) is 2.92. The molecule has 0 amide bonds. The topological polar surface area (TPSA) is 0 Å². The zero-order valence-electron chi connectivity index (χ0n) is 6.29. The lowest BCUT2D eigenvalue weighted by Gasteiger charge is -2.13. The molecule has 0 heteroatoms. The van der Waals surface area contributed by atoms with Crippen molar-refractivity contribution in [1.29, 1.82) is 0 Å². The largest absolute Gasteiger partial charge is 0.0882 e. The van der Waals surface area contributed by atoms with Gasteiger partial charge in [0.15, 0.2) is 0 Å². The summed E-state index contributed by atoms with van der Waals surface area (Å²) < 4.78 is 0. The molecule has 2 atom stereocenters. The van der Waals surface area contributed by atoms with Crippen LogP contribution in [0.3, 0.4) is 0 Å². The first-order valence-electron chi connectivity index (χ1n) is 4.30. The summed E-state index contributed by atoms with van der Waals surface area (Å²) in [6.07, 6.45) is 14.9. The van der Waals surface area contributed by atoms with Crippen molar-refractivity contribution in [2.24, 2.45) is 11.8 Å². The van der Waals surface area contributed by atoms with Gasteiger partial charge in [-0.25, -0.2) is 0 Å². The maximum atomic E-state index is 2.40. The number of hydrogen-bond acceptors (Lipinski definition) is 0. The van der Waals surface area contributed by atoms with E-state index in [2.05, 4.69) is 24.3 Å². The Morgan fingerprint density at radius 2 is 1.30 bits per heavy atom. The van der Waals surface area contributed by atoms with Crippen molar-refractivity contribution in [2.75, 3.05) is 0 Å². The van der Waals surface area contributed by atoms with Gasteiger partial charge in [-0.1, -0.05) is 24.3 Å². The molecule has 0 fully saturated rings. The summed E-state index contributed by atoms with van der Waals surface area (Å²) in [7, 11) is 0. The SMILES string of the molecule is C1=C[C@@H]([C@H]2C=CCC2)CC1. The molecular weight excluding hydrogens is 120 g/mol. The predicted molar refractivity (Wildman–Crippen MR) is 43.7 cm³/mol. The third-order valence-electron chi connectivity index (χ3n) is 2.65. The van der Waals surface area contributed by atoms with Crippen LogP contribution in [0, 0.1) is 11.8 Å². The maximum Gasteiger partial charge on any atom is -0.0167 e. The Hall–Kier alpha value is -0.520. The Kier molecular flexibility index (Phi) is 1.62. The van der Waals surface area contributed by atoms with Gasteiger partial charge in [-0.15, -0.1) is 0 Å². The molecule has 0 nitrogen and oxygen atoms in total. The molecule has 54 valence electrons. The highest BCUT2D eigenvalue weighted by Gasteiger charge is 2.20. The van der Waals surface area contributed by atoms with Crippen LogP contribution in [0.5, 0.6) is 0 Å². The van der Waals surface area contributed by atoms with E-state index in [1.54, 1.807) is 0 Å². The highest BCUT2D eigenvalue weighted by molar-refractivity contribution is 5.07. The van der Waals surface area contributed by atoms with Gasteiger partial charge in [0.05, 0.1) is 0 Å². The molecule has 0 aromatic heterocycles. The minimum absolute atomic E-state index is 0.888. The van der Waals surface area contributed by atoms with Crippen LogP contribution < -0.4 is 0 Å². The van der Waals surface area contributed by atoms with Gasteiger partial charge in [0.1, 0.15) is 0 Å². The highest BCUT2D eigenvalue weighted by Crippen LogP contribution is 2.32. The summed E-state index contributed by atoms with van der Waals surface area (Å²) in [5.41, 5.74) is 0. The number of hydrogen-bond donors (Lipinski definition) is 0. The van der Waals surface area contributed by atoms with Crippen molar-refractivity contribution in [2.45, 2.75) is 25.7 Å². The van der Waals surface area contributed by atoms with Gasteiger partial charge in [-0.3, -0.25) is 0 Å². The van der Waals surface area contributed by atoms with Crippen LogP contribution >= 0.6 is 0 Å². The van der Waals surface area contributed by atoms with Crippen molar-refractivity contribution in [3.05, 3.63) is 24.3 Å². The van der Waals surface area contributed by atoms with Crippen LogP contribution in [-0.2, 0) is 0 Å². The standard InChI is InChI=1S/C10H14/c1-2-6-9(5-1)10-7-3-4-8-10/h1,3,5,7,9-10H,2,4,6,8H2/t9-,10+. The molecule has 10 heavy (non-hydrogen) atoms. The molecule has 0 bridgehead atoms. The molecular formula is C10H14. The molecule has 0 aliphatic heterocycles. The summed E-state index contributed by atoms with van der Waals surface area (Å²) in [4.78, 5) is 0. The molecule has 0 unspecified atom stereocenters.